The molecule has 0 aliphatic heterocycles. The molecule has 0 unspecified atom stereocenters. The van der Waals surface area contributed by atoms with Crippen LogP contribution in [0.5, 0.6) is 0 Å². The smallest absolute Gasteiger partial charge is 0.346 e. The zero-order valence-electron chi connectivity index (χ0n) is 10.2. The van der Waals surface area contributed by atoms with Crippen LogP contribution < -0.4 is 5.69 Å². The van der Waals surface area contributed by atoms with Crippen molar-refractivity contribution in [2.24, 2.45) is 0 Å². The summed E-state index contributed by atoms with van der Waals surface area (Å²) in [6, 6.07) is 10.8. The third kappa shape index (κ3) is 3.05. The zero-order chi connectivity index (χ0) is 14.5. The lowest BCUT2D eigenvalue weighted by Crippen LogP contribution is -2.15. The Balaban J connectivity index is 2.55. The second kappa shape index (κ2) is 6.04. The fourth-order valence-electron chi connectivity index (χ4n) is 1.61. The van der Waals surface area contributed by atoms with Crippen LogP contribution in [0.4, 0.5) is 0 Å². The molecule has 0 radical (unpaired) electrons. The third-order valence-electron chi connectivity index (χ3n) is 2.41. The fraction of sp³-hybridized carbons (Fsp3) is 0.0769. The highest BCUT2D eigenvalue weighted by molar-refractivity contribution is 7.99. The lowest BCUT2D eigenvalue weighted by molar-refractivity contribution is -0.133. The van der Waals surface area contributed by atoms with E-state index in [-0.39, 0.29) is 16.3 Å². The molecule has 20 heavy (non-hydrogen) atoms. The molecule has 1 aromatic heterocycles. The zero-order valence-corrected chi connectivity index (χ0v) is 11.0. The van der Waals surface area contributed by atoms with Gasteiger partial charge in [0.25, 0.3) is 0 Å². The number of carbonyl (C=O) groups is 1. The number of nitrogens with one attached hydrogen (secondary N) is 1. The molecule has 0 saturated heterocycles. The second-order valence-electron chi connectivity index (χ2n) is 3.76. The first-order chi connectivity index (χ1) is 9.61. The molecule has 0 atom stereocenters. The summed E-state index contributed by atoms with van der Waals surface area (Å²) in [5.74, 6) is -1.30. The van der Waals surface area contributed by atoms with E-state index in [0.717, 1.165) is 11.8 Å². The van der Waals surface area contributed by atoms with Crippen molar-refractivity contribution in [3.63, 3.8) is 0 Å². The summed E-state index contributed by atoms with van der Waals surface area (Å²) in [5, 5.41) is 18.0. The van der Waals surface area contributed by atoms with Crippen LogP contribution in [-0.2, 0) is 4.79 Å². The predicted octanol–water partition coefficient (Wildman–Crippen LogP) is 1.49. The van der Waals surface area contributed by atoms with E-state index in [9.17, 15) is 14.9 Å². The van der Waals surface area contributed by atoms with E-state index < -0.39 is 11.7 Å². The molecule has 1 aromatic carbocycles. The minimum Gasteiger partial charge on any atom is -0.481 e. The summed E-state index contributed by atoms with van der Waals surface area (Å²) >= 11 is 0.850. The summed E-state index contributed by atoms with van der Waals surface area (Å²) in [5.41, 5.74) is 0.569. The summed E-state index contributed by atoms with van der Waals surface area (Å²) in [6.45, 7) is 0. The molecule has 0 aliphatic rings. The van der Waals surface area contributed by atoms with Crippen molar-refractivity contribution < 1.29 is 9.90 Å². The number of hydrogen-bond donors (Lipinski definition) is 2. The number of hydrogen-bond acceptors (Lipinski definition) is 5. The van der Waals surface area contributed by atoms with Crippen LogP contribution in [0.1, 0.15) is 5.56 Å². The Morgan fingerprint density at radius 3 is 2.70 bits per heavy atom. The molecule has 2 rings (SSSR count). The van der Waals surface area contributed by atoms with Crippen LogP contribution in [0.3, 0.4) is 0 Å². The van der Waals surface area contributed by atoms with Gasteiger partial charge in [-0.1, -0.05) is 42.1 Å². The maximum absolute atomic E-state index is 11.6. The summed E-state index contributed by atoms with van der Waals surface area (Å²) < 4.78 is 0. The van der Waals surface area contributed by atoms with Crippen molar-refractivity contribution in [1.29, 1.82) is 5.26 Å². The highest BCUT2D eigenvalue weighted by Gasteiger charge is 2.15. The van der Waals surface area contributed by atoms with E-state index >= 15 is 0 Å². The molecule has 0 amide bonds. The lowest BCUT2D eigenvalue weighted by Gasteiger charge is -2.07. The van der Waals surface area contributed by atoms with E-state index in [1.54, 1.807) is 24.3 Å². The van der Waals surface area contributed by atoms with Crippen LogP contribution >= 0.6 is 11.8 Å². The number of H-pyrrole nitrogens is 1. The molecule has 2 aromatic rings. The minimum absolute atomic E-state index is 0.123. The number of aromatic amines is 1. The molecule has 2 N–H and O–H groups in total. The maximum atomic E-state index is 11.6. The Kier molecular flexibility index (Phi) is 4.17. The standard InChI is InChI=1S/C13H9N3O3S/c14-6-9-11(8-4-2-1-3-5-8)15-13(19)16-12(9)20-7-10(17)18/h1-5H,7H2,(H,17,18)(H,15,16,19). The van der Waals surface area contributed by atoms with Crippen LogP contribution in [0.15, 0.2) is 40.2 Å². The molecule has 0 aliphatic carbocycles. The van der Waals surface area contributed by atoms with Gasteiger partial charge in [0.1, 0.15) is 16.7 Å². The molecule has 0 bridgehead atoms. The quantitative estimate of drug-likeness (QED) is 0.651. The highest BCUT2D eigenvalue weighted by atomic mass is 32.2. The van der Waals surface area contributed by atoms with Gasteiger partial charge in [-0.25, -0.2) is 4.79 Å². The van der Waals surface area contributed by atoms with Gasteiger partial charge in [0.2, 0.25) is 0 Å². The molecule has 100 valence electrons. The monoisotopic (exact) mass is 287 g/mol. The Morgan fingerprint density at radius 2 is 2.10 bits per heavy atom. The normalized spacial score (nSPS) is 9.95. The predicted molar refractivity (Wildman–Crippen MR) is 73.4 cm³/mol. The van der Waals surface area contributed by atoms with Crippen molar-refractivity contribution in [2.45, 2.75) is 5.03 Å². The SMILES string of the molecule is N#Cc1c(SCC(=O)O)nc(=O)[nH]c1-c1ccccc1. The number of nitriles is 1. The van der Waals surface area contributed by atoms with E-state index in [0.29, 0.717) is 11.3 Å². The summed E-state index contributed by atoms with van der Waals surface area (Å²) in [4.78, 5) is 28.3. The van der Waals surface area contributed by atoms with Gasteiger partial charge in [-0.3, -0.25) is 4.79 Å². The maximum Gasteiger partial charge on any atom is 0.346 e. The van der Waals surface area contributed by atoms with Crippen LogP contribution in [0, 0.1) is 11.3 Å². The molecular formula is C13H9N3O3S. The van der Waals surface area contributed by atoms with Gasteiger partial charge >= 0.3 is 11.7 Å². The number of aromatic nitrogens is 2. The first kappa shape index (κ1) is 13.8. The largest absolute Gasteiger partial charge is 0.481 e. The van der Waals surface area contributed by atoms with Gasteiger partial charge in [-0.2, -0.15) is 10.2 Å². The minimum atomic E-state index is -1.04. The number of aliphatic carboxylic acids is 1. The molecule has 0 fully saturated rings. The van der Waals surface area contributed by atoms with Crippen molar-refractivity contribution in [2.75, 3.05) is 5.75 Å². The average Bonchev–Trinajstić information content (AvgIpc) is 2.45. The lowest BCUT2D eigenvalue weighted by atomic mass is 10.1. The number of carboxylic acids is 1. The molecule has 0 spiro atoms. The van der Waals surface area contributed by atoms with Gasteiger partial charge in [0.05, 0.1) is 11.4 Å². The van der Waals surface area contributed by atoms with Gasteiger partial charge in [-0.05, 0) is 5.56 Å². The van der Waals surface area contributed by atoms with Crippen molar-refractivity contribution in [3.8, 4) is 17.3 Å². The van der Waals surface area contributed by atoms with Crippen LogP contribution in [-0.4, -0.2) is 26.8 Å². The number of carboxylic acid groups (broad SMARTS) is 1. The third-order valence-corrected chi connectivity index (χ3v) is 3.37. The second-order valence-corrected chi connectivity index (χ2v) is 4.72. The first-order valence-corrected chi connectivity index (χ1v) is 6.55. The van der Waals surface area contributed by atoms with E-state index in [1.165, 1.54) is 0 Å². The summed E-state index contributed by atoms with van der Waals surface area (Å²) in [6.07, 6.45) is 0. The van der Waals surface area contributed by atoms with Crippen molar-refractivity contribution in [1.82, 2.24) is 9.97 Å². The van der Waals surface area contributed by atoms with Gasteiger partial charge in [-0.15, -0.1) is 0 Å². The molecule has 7 heteroatoms. The van der Waals surface area contributed by atoms with Crippen molar-refractivity contribution >= 4 is 17.7 Å². The molecule has 0 saturated carbocycles. The number of thioether (sulfide) groups is 1. The molecule has 1 heterocycles. The Hall–Kier alpha value is -2.59. The van der Waals surface area contributed by atoms with Crippen LogP contribution in [0.25, 0.3) is 11.3 Å². The Labute approximate surface area is 118 Å². The van der Waals surface area contributed by atoms with Gasteiger partial charge in [0, 0.05) is 0 Å². The number of rotatable bonds is 4. The van der Waals surface area contributed by atoms with E-state index in [2.05, 4.69) is 9.97 Å². The Morgan fingerprint density at radius 1 is 1.40 bits per heavy atom. The fourth-order valence-corrected chi connectivity index (χ4v) is 2.31. The highest BCUT2D eigenvalue weighted by Crippen LogP contribution is 2.26. The van der Waals surface area contributed by atoms with E-state index in [1.807, 2.05) is 12.1 Å². The van der Waals surface area contributed by atoms with Crippen molar-refractivity contribution in [3.05, 3.63) is 46.4 Å². The molecule has 6 nitrogen and oxygen atoms in total. The van der Waals surface area contributed by atoms with Gasteiger partial charge in [0.15, 0.2) is 0 Å². The van der Waals surface area contributed by atoms with Gasteiger partial charge < -0.3 is 10.1 Å². The Bertz CT molecular complexity index is 735. The van der Waals surface area contributed by atoms with Crippen LogP contribution in [0.2, 0.25) is 0 Å². The average molecular weight is 287 g/mol. The molecular weight excluding hydrogens is 278 g/mol. The topological polar surface area (TPSA) is 107 Å². The number of benzene rings is 1. The van der Waals surface area contributed by atoms with E-state index in [4.69, 9.17) is 5.11 Å². The first-order valence-electron chi connectivity index (χ1n) is 5.56. The summed E-state index contributed by atoms with van der Waals surface area (Å²) in [7, 11) is 0. The number of nitrogens with zero attached hydrogens (tertiary/aromatic N) is 2.